The van der Waals surface area contributed by atoms with Crippen LogP contribution in [0.1, 0.15) is 5.01 Å². The van der Waals surface area contributed by atoms with Crippen molar-refractivity contribution in [1.29, 1.82) is 5.26 Å². The van der Waals surface area contributed by atoms with Crippen LogP contribution in [-0.4, -0.2) is 25.6 Å². The summed E-state index contributed by atoms with van der Waals surface area (Å²) in [5.41, 5.74) is 1.90. The number of rotatable bonds is 5. The lowest BCUT2D eigenvalue weighted by Crippen LogP contribution is -1.96. The molecular formula is C19H12N4OS4. The predicted octanol–water partition coefficient (Wildman–Crippen LogP) is 5.86. The van der Waals surface area contributed by atoms with Crippen molar-refractivity contribution in [3.8, 4) is 11.8 Å². The van der Waals surface area contributed by atoms with E-state index in [0.717, 1.165) is 20.2 Å². The van der Waals surface area contributed by atoms with Crippen LogP contribution in [0.5, 0.6) is 0 Å². The van der Waals surface area contributed by atoms with E-state index in [2.05, 4.69) is 16.2 Å². The van der Waals surface area contributed by atoms with Crippen LogP contribution in [0.2, 0.25) is 0 Å². The Balaban J connectivity index is 1.57. The van der Waals surface area contributed by atoms with Crippen molar-refractivity contribution >= 4 is 62.4 Å². The largest absolute Gasteiger partial charge is 0.510 e. The van der Waals surface area contributed by atoms with Crippen molar-refractivity contribution < 1.29 is 5.11 Å². The molecule has 0 aliphatic carbocycles. The Morgan fingerprint density at radius 1 is 1.14 bits per heavy atom. The van der Waals surface area contributed by atoms with Crippen LogP contribution in [0.3, 0.4) is 0 Å². The lowest BCUT2D eigenvalue weighted by molar-refractivity contribution is 0.421. The predicted molar refractivity (Wildman–Crippen MR) is 118 cm³/mol. The number of hydrogen-bond donors (Lipinski definition) is 1. The Morgan fingerprint density at radius 3 is 2.64 bits per heavy atom. The number of hydrogen-bond acceptors (Lipinski definition) is 8. The van der Waals surface area contributed by atoms with Gasteiger partial charge in [-0.2, -0.15) is 5.26 Å². The first-order valence-corrected chi connectivity index (χ1v) is 11.1. The summed E-state index contributed by atoms with van der Waals surface area (Å²) in [5.74, 6) is 0.203. The molecular weight excluding hydrogens is 429 g/mol. The first-order valence-electron chi connectivity index (χ1n) is 8.12. The number of aromatic nitrogens is 3. The number of aliphatic hydroxyl groups excluding tert-OH is 1. The van der Waals surface area contributed by atoms with E-state index in [1.807, 2.05) is 54.6 Å². The zero-order valence-corrected chi connectivity index (χ0v) is 17.5. The maximum atomic E-state index is 10.5. The minimum atomic E-state index is -0.0149. The van der Waals surface area contributed by atoms with E-state index in [0.29, 0.717) is 8.96 Å². The van der Waals surface area contributed by atoms with E-state index in [1.54, 1.807) is 4.68 Å². The summed E-state index contributed by atoms with van der Waals surface area (Å²) in [6.07, 6.45) is 0. The molecule has 4 rings (SSSR count). The molecule has 0 aliphatic heterocycles. The van der Waals surface area contributed by atoms with E-state index >= 15 is 0 Å². The van der Waals surface area contributed by atoms with Gasteiger partial charge in [-0.15, -0.1) is 16.4 Å². The van der Waals surface area contributed by atoms with Gasteiger partial charge in [0.2, 0.25) is 0 Å². The van der Waals surface area contributed by atoms with E-state index in [4.69, 9.17) is 12.2 Å². The Morgan fingerprint density at radius 2 is 1.89 bits per heavy atom. The standard InChI is InChI=1S/C19H12N4OS4/c20-10-13(17-21-14-8-4-5-9-16(14)27-17)15(24)11-26-18-22-23(19(25)28-18)12-6-2-1-3-7-12/h1-9,24H,11H2/b15-13-. The highest BCUT2D eigenvalue weighted by Gasteiger charge is 2.15. The van der Waals surface area contributed by atoms with E-state index in [1.165, 1.54) is 34.4 Å². The number of thioether (sulfide) groups is 1. The monoisotopic (exact) mass is 440 g/mol. The van der Waals surface area contributed by atoms with Crippen molar-refractivity contribution in [2.24, 2.45) is 0 Å². The second kappa shape index (κ2) is 8.24. The molecule has 1 N–H and O–H groups in total. The van der Waals surface area contributed by atoms with Gasteiger partial charge in [-0.05, 0) is 36.5 Å². The average molecular weight is 441 g/mol. The topological polar surface area (TPSA) is 74.7 Å². The van der Waals surface area contributed by atoms with Crippen LogP contribution in [0.4, 0.5) is 0 Å². The minimum absolute atomic E-state index is 0.0149. The molecule has 0 atom stereocenters. The van der Waals surface area contributed by atoms with Crippen molar-refractivity contribution in [2.45, 2.75) is 4.34 Å². The number of nitrogens with zero attached hydrogens (tertiary/aromatic N) is 4. The van der Waals surface area contributed by atoms with E-state index < -0.39 is 0 Å². The normalized spacial score (nSPS) is 12.0. The lowest BCUT2D eigenvalue weighted by atomic mass is 10.2. The van der Waals surface area contributed by atoms with Crippen molar-refractivity contribution in [1.82, 2.24) is 14.8 Å². The van der Waals surface area contributed by atoms with Gasteiger partial charge in [-0.3, -0.25) is 0 Å². The van der Waals surface area contributed by atoms with Gasteiger partial charge < -0.3 is 5.11 Å². The van der Waals surface area contributed by atoms with Crippen LogP contribution in [0, 0.1) is 15.3 Å². The molecule has 0 bridgehead atoms. The number of para-hydroxylation sites is 2. The van der Waals surface area contributed by atoms with Crippen LogP contribution < -0.4 is 0 Å². The molecule has 138 valence electrons. The van der Waals surface area contributed by atoms with Gasteiger partial charge in [0.05, 0.1) is 21.7 Å². The summed E-state index contributed by atoms with van der Waals surface area (Å²) >= 11 is 9.49. The molecule has 2 aromatic carbocycles. The van der Waals surface area contributed by atoms with Gasteiger partial charge in [0.25, 0.3) is 0 Å². The van der Waals surface area contributed by atoms with Crippen molar-refractivity contribution in [3.05, 3.63) is 69.3 Å². The zero-order chi connectivity index (χ0) is 19.5. The molecule has 0 saturated heterocycles. The number of allylic oxidation sites excluding steroid dienone is 1. The molecule has 2 aromatic heterocycles. The molecule has 0 aliphatic rings. The molecule has 4 aromatic rings. The van der Waals surface area contributed by atoms with E-state index in [-0.39, 0.29) is 17.1 Å². The number of aliphatic hydroxyl groups is 1. The quantitative estimate of drug-likeness (QED) is 0.181. The molecule has 0 unspecified atom stereocenters. The highest BCUT2D eigenvalue weighted by molar-refractivity contribution is 8.01. The fraction of sp³-hybridized carbons (Fsp3) is 0.0526. The maximum absolute atomic E-state index is 10.5. The fourth-order valence-corrected chi connectivity index (χ4v) is 5.69. The summed E-state index contributed by atoms with van der Waals surface area (Å²) in [7, 11) is 0. The van der Waals surface area contributed by atoms with Crippen LogP contribution in [0.15, 0.2) is 64.7 Å². The maximum Gasteiger partial charge on any atom is 0.184 e. The third-order valence-electron chi connectivity index (χ3n) is 3.77. The Labute approximate surface area is 178 Å². The number of thiazole rings is 1. The molecule has 0 radical (unpaired) electrons. The number of benzene rings is 2. The number of nitriles is 1. The van der Waals surface area contributed by atoms with Gasteiger partial charge in [-0.25, -0.2) is 9.67 Å². The second-order valence-electron chi connectivity index (χ2n) is 5.59. The molecule has 0 saturated carbocycles. The van der Waals surface area contributed by atoms with Gasteiger partial charge in [0.1, 0.15) is 22.4 Å². The summed E-state index contributed by atoms with van der Waals surface area (Å²) in [5, 5.41) is 25.0. The highest BCUT2D eigenvalue weighted by Crippen LogP contribution is 2.31. The summed E-state index contributed by atoms with van der Waals surface area (Å²) < 4.78 is 4.03. The fourth-order valence-electron chi connectivity index (χ4n) is 2.47. The van der Waals surface area contributed by atoms with Gasteiger partial charge in [-0.1, -0.05) is 53.4 Å². The molecule has 0 fully saturated rings. The smallest absolute Gasteiger partial charge is 0.184 e. The van der Waals surface area contributed by atoms with Gasteiger partial charge in [0.15, 0.2) is 8.29 Å². The highest BCUT2D eigenvalue weighted by atomic mass is 32.2. The molecule has 0 spiro atoms. The summed E-state index contributed by atoms with van der Waals surface area (Å²) in [4.78, 5) is 4.45. The average Bonchev–Trinajstić information content (AvgIpc) is 3.31. The SMILES string of the molecule is N#C/C(=C(/O)CSc1nn(-c2ccccc2)c(=S)s1)c1nc2ccccc2s1. The molecule has 5 nitrogen and oxygen atoms in total. The van der Waals surface area contributed by atoms with Crippen LogP contribution >= 0.6 is 46.7 Å². The lowest BCUT2D eigenvalue weighted by Gasteiger charge is -2.01. The zero-order valence-electron chi connectivity index (χ0n) is 14.3. The van der Waals surface area contributed by atoms with Crippen LogP contribution in [0.25, 0.3) is 21.5 Å². The summed E-state index contributed by atoms with van der Waals surface area (Å²) in [6, 6.07) is 19.4. The van der Waals surface area contributed by atoms with Gasteiger partial charge in [0, 0.05) is 0 Å². The first kappa shape index (κ1) is 18.8. The Hall–Kier alpha value is -2.51. The van der Waals surface area contributed by atoms with Gasteiger partial charge >= 0.3 is 0 Å². The molecule has 0 amide bonds. The van der Waals surface area contributed by atoms with E-state index in [9.17, 15) is 10.4 Å². The van der Waals surface area contributed by atoms with Crippen LogP contribution in [-0.2, 0) is 0 Å². The Bertz CT molecular complexity index is 1230. The molecule has 28 heavy (non-hydrogen) atoms. The summed E-state index contributed by atoms with van der Waals surface area (Å²) in [6.45, 7) is 0. The minimum Gasteiger partial charge on any atom is -0.510 e. The van der Waals surface area contributed by atoms with Crippen molar-refractivity contribution in [2.75, 3.05) is 5.75 Å². The third-order valence-corrected chi connectivity index (χ3v) is 7.20. The molecule has 9 heteroatoms. The van der Waals surface area contributed by atoms with Crippen molar-refractivity contribution in [3.63, 3.8) is 0 Å². The first-order chi connectivity index (χ1) is 13.7. The second-order valence-corrected chi connectivity index (χ2v) is 9.47. The number of fused-ring (bicyclic) bond motifs is 1. The molecule has 2 heterocycles. The Kier molecular flexibility index (Phi) is 5.54. The third kappa shape index (κ3) is 3.86.